The first-order valence-corrected chi connectivity index (χ1v) is 5.33. The van der Waals surface area contributed by atoms with E-state index >= 15 is 0 Å². The van der Waals surface area contributed by atoms with Gasteiger partial charge in [-0.2, -0.15) is 0 Å². The summed E-state index contributed by atoms with van der Waals surface area (Å²) in [5.41, 5.74) is 5.45. The molecule has 0 heterocycles. The molecule has 0 aliphatic heterocycles. The molecule has 1 rings (SSSR count). The Bertz CT molecular complexity index is 370. The van der Waals surface area contributed by atoms with Gasteiger partial charge in [0.25, 0.3) is 0 Å². The summed E-state index contributed by atoms with van der Waals surface area (Å²) in [6.45, 7) is 2.37. The molecule has 0 aliphatic carbocycles. The molecule has 82 valence electrons. The molecule has 1 aromatic rings. The number of primary amides is 1. The Labute approximate surface area is 96.0 Å². The molecule has 0 saturated heterocycles. The minimum absolute atomic E-state index is 0.271. The lowest BCUT2D eigenvalue weighted by atomic mass is 10.1. The molecular weight excluding hydrogens is 263 g/mol. The van der Waals surface area contributed by atoms with Crippen LogP contribution in [0.5, 0.6) is 0 Å². The molecule has 3 N–H and O–H groups in total. The van der Waals surface area contributed by atoms with Crippen molar-refractivity contribution in [3.63, 3.8) is 0 Å². The number of likely N-dealkylation sites (N-methyl/N-ethyl adjacent to an activating group) is 1. The third-order valence-electron chi connectivity index (χ3n) is 1.97. The second-order valence-electron chi connectivity index (χ2n) is 3.06. The van der Waals surface area contributed by atoms with Crippen LogP contribution in [0.3, 0.4) is 0 Å². The first-order valence-electron chi connectivity index (χ1n) is 4.54. The number of rotatable bonds is 4. The van der Waals surface area contributed by atoms with E-state index in [1.165, 1.54) is 12.1 Å². The average molecular weight is 275 g/mol. The zero-order chi connectivity index (χ0) is 11.4. The molecule has 0 spiro atoms. The largest absolute Gasteiger partial charge is 0.368 e. The van der Waals surface area contributed by atoms with E-state index in [-0.39, 0.29) is 5.56 Å². The van der Waals surface area contributed by atoms with Crippen molar-refractivity contribution in [3.8, 4) is 0 Å². The second-order valence-corrected chi connectivity index (χ2v) is 3.97. The van der Waals surface area contributed by atoms with E-state index in [9.17, 15) is 9.18 Å². The summed E-state index contributed by atoms with van der Waals surface area (Å²) in [6, 6.07) is 3.74. The third kappa shape index (κ3) is 3.00. The summed E-state index contributed by atoms with van der Waals surface area (Å²) in [7, 11) is 0. The number of halogens is 2. The van der Waals surface area contributed by atoms with Crippen molar-refractivity contribution in [2.45, 2.75) is 13.0 Å². The van der Waals surface area contributed by atoms with Crippen molar-refractivity contribution in [2.75, 3.05) is 6.54 Å². The van der Waals surface area contributed by atoms with Crippen LogP contribution in [-0.2, 0) is 4.79 Å². The van der Waals surface area contributed by atoms with Crippen molar-refractivity contribution in [3.05, 3.63) is 34.1 Å². The molecule has 0 aromatic heterocycles. The highest BCUT2D eigenvalue weighted by atomic mass is 79.9. The summed E-state index contributed by atoms with van der Waals surface area (Å²) in [4.78, 5) is 11.1. The van der Waals surface area contributed by atoms with Crippen LogP contribution in [0.2, 0.25) is 0 Å². The van der Waals surface area contributed by atoms with Gasteiger partial charge in [0.2, 0.25) is 5.91 Å². The number of nitrogens with one attached hydrogen (secondary N) is 1. The predicted molar refractivity (Wildman–Crippen MR) is 59.7 cm³/mol. The number of carbonyl (C=O) groups excluding carboxylic acids is 1. The first kappa shape index (κ1) is 12.1. The van der Waals surface area contributed by atoms with Gasteiger partial charge in [-0.3, -0.25) is 4.79 Å². The van der Waals surface area contributed by atoms with E-state index in [2.05, 4.69) is 21.2 Å². The van der Waals surface area contributed by atoms with Crippen LogP contribution in [0.15, 0.2) is 22.7 Å². The Morgan fingerprint density at radius 2 is 2.33 bits per heavy atom. The number of carbonyl (C=O) groups is 1. The van der Waals surface area contributed by atoms with E-state index in [4.69, 9.17) is 5.73 Å². The Balaban J connectivity index is 3.05. The summed E-state index contributed by atoms with van der Waals surface area (Å²) in [6.07, 6.45) is 0. The van der Waals surface area contributed by atoms with Gasteiger partial charge in [-0.1, -0.05) is 28.9 Å². The zero-order valence-corrected chi connectivity index (χ0v) is 9.84. The summed E-state index contributed by atoms with van der Waals surface area (Å²) in [5.74, 6) is -1.04. The van der Waals surface area contributed by atoms with Gasteiger partial charge in [0, 0.05) is 10.0 Å². The molecular formula is C10H12BrFN2O. The lowest BCUT2D eigenvalue weighted by molar-refractivity contribution is -0.120. The molecule has 1 unspecified atom stereocenters. The molecule has 1 aromatic carbocycles. The quantitative estimate of drug-likeness (QED) is 0.879. The topological polar surface area (TPSA) is 55.1 Å². The molecule has 0 aliphatic rings. The summed E-state index contributed by atoms with van der Waals surface area (Å²) in [5, 5.41) is 2.83. The Morgan fingerprint density at radius 3 is 2.80 bits per heavy atom. The summed E-state index contributed by atoms with van der Waals surface area (Å²) < 4.78 is 14.1. The van der Waals surface area contributed by atoms with Crippen molar-refractivity contribution in [1.82, 2.24) is 5.32 Å². The van der Waals surface area contributed by atoms with Crippen LogP contribution in [-0.4, -0.2) is 12.5 Å². The molecule has 0 radical (unpaired) electrons. The molecule has 3 nitrogen and oxygen atoms in total. The predicted octanol–water partition coefficient (Wildman–Crippen LogP) is 1.72. The fourth-order valence-electron chi connectivity index (χ4n) is 1.30. The van der Waals surface area contributed by atoms with Gasteiger partial charge in [-0.15, -0.1) is 0 Å². The van der Waals surface area contributed by atoms with Gasteiger partial charge >= 0.3 is 0 Å². The fraction of sp³-hybridized carbons (Fsp3) is 0.300. The van der Waals surface area contributed by atoms with Crippen LogP contribution in [0.4, 0.5) is 4.39 Å². The molecule has 5 heteroatoms. The highest BCUT2D eigenvalue weighted by molar-refractivity contribution is 9.10. The van der Waals surface area contributed by atoms with Crippen LogP contribution < -0.4 is 11.1 Å². The van der Waals surface area contributed by atoms with Crippen LogP contribution in [0.1, 0.15) is 18.5 Å². The van der Waals surface area contributed by atoms with E-state index < -0.39 is 17.8 Å². The molecule has 0 bridgehead atoms. The Morgan fingerprint density at radius 1 is 1.67 bits per heavy atom. The number of nitrogens with two attached hydrogens (primary N) is 1. The van der Waals surface area contributed by atoms with Gasteiger partial charge < -0.3 is 11.1 Å². The van der Waals surface area contributed by atoms with Gasteiger partial charge in [-0.25, -0.2) is 4.39 Å². The SMILES string of the molecule is CCNC(C(N)=O)c1ccc(Br)cc1F. The number of hydrogen-bond acceptors (Lipinski definition) is 2. The van der Waals surface area contributed by atoms with Crippen LogP contribution in [0, 0.1) is 5.82 Å². The number of hydrogen-bond donors (Lipinski definition) is 2. The van der Waals surface area contributed by atoms with Gasteiger partial charge in [-0.05, 0) is 18.7 Å². The van der Waals surface area contributed by atoms with Crippen molar-refractivity contribution in [2.24, 2.45) is 5.73 Å². The minimum Gasteiger partial charge on any atom is -0.368 e. The third-order valence-corrected chi connectivity index (χ3v) is 2.46. The van der Waals surface area contributed by atoms with Crippen molar-refractivity contribution in [1.29, 1.82) is 0 Å². The summed E-state index contributed by atoms with van der Waals surface area (Å²) >= 11 is 3.14. The van der Waals surface area contributed by atoms with E-state index in [1.54, 1.807) is 6.07 Å². The zero-order valence-electron chi connectivity index (χ0n) is 8.26. The van der Waals surface area contributed by atoms with E-state index in [0.717, 1.165) is 0 Å². The molecule has 0 saturated carbocycles. The number of amides is 1. The van der Waals surface area contributed by atoms with Crippen molar-refractivity contribution < 1.29 is 9.18 Å². The maximum atomic E-state index is 13.5. The number of benzene rings is 1. The maximum Gasteiger partial charge on any atom is 0.239 e. The molecule has 1 atom stereocenters. The normalized spacial score (nSPS) is 12.5. The highest BCUT2D eigenvalue weighted by Crippen LogP contribution is 2.20. The Kier molecular flexibility index (Phi) is 4.23. The minimum atomic E-state index is -0.775. The van der Waals surface area contributed by atoms with Crippen LogP contribution >= 0.6 is 15.9 Å². The maximum absolute atomic E-state index is 13.5. The molecule has 1 amide bonds. The lowest BCUT2D eigenvalue weighted by Gasteiger charge is -2.15. The van der Waals surface area contributed by atoms with Crippen molar-refractivity contribution >= 4 is 21.8 Å². The van der Waals surface area contributed by atoms with Gasteiger partial charge in [0.1, 0.15) is 11.9 Å². The smallest absolute Gasteiger partial charge is 0.239 e. The van der Waals surface area contributed by atoms with Gasteiger partial charge in [0.15, 0.2) is 0 Å². The highest BCUT2D eigenvalue weighted by Gasteiger charge is 2.19. The molecule has 15 heavy (non-hydrogen) atoms. The van der Waals surface area contributed by atoms with E-state index in [1.807, 2.05) is 6.92 Å². The lowest BCUT2D eigenvalue weighted by Crippen LogP contribution is -2.34. The Hall–Kier alpha value is -0.940. The fourth-order valence-corrected chi connectivity index (χ4v) is 1.64. The molecule has 0 fully saturated rings. The first-order chi connectivity index (χ1) is 7.06. The average Bonchev–Trinajstić information content (AvgIpc) is 2.15. The van der Waals surface area contributed by atoms with Crippen LogP contribution in [0.25, 0.3) is 0 Å². The monoisotopic (exact) mass is 274 g/mol. The standard InChI is InChI=1S/C10H12BrFN2O/c1-2-14-9(10(13)15)7-4-3-6(11)5-8(7)12/h3-5,9,14H,2H2,1H3,(H2,13,15). The van der Waals surface area contributed by atoms with E-state index in [0.29, 0.717) is 11.0 Å². The second kappa shape index (κ2) is 5.23. The van der Waals surface area contributed by atoms with Gasteiger partial charge in [0.05, 0.1) is 0 Å².